The van der Waals surface area contributed by atoms with E-state index in [1.54, 1.807) is 12.1 Å². The van der Waals surface area contributed by atoms with Gasteiger partial charge in [-0.3, -0.25) is 4.79 Å². The molecule has 3 nitrogen and oxygen atoms in total. The molecule has 1 heterocycles. The number of nitrogens with zero attached hydrogens (tertiary/aromatic N) is 1. The van der Waals surface area contributed by atoms with Gasteiger partial charge in [-0.05, 0) is 19.1 Å². The molecular formula is C12H10ClNO2S. The van der Waals surface area contributed by atoms with Gasteiger partial charge >= 0.3 is 5.97 Å². The van der Waals surface area contributed by atoms with Crippen molar-refractivity contribution in [3.8, 4) is 10.6 Å². The van der Waals surface area contributed by atoms with Crippen molar-refractivity contribution in [3.63, 3.8) is 0 Å². The lowest BCUT2D eigenvalue weighted by molar-refractivity contribution is -0.136. The number of carboxylic acid groups (broad SMARTS) is 1. The molecule has 0 amide bonds. The monoisotopic (exact) mass is 267 g/mol. The molecule has 0 aliphatic carbocycles. The van der Waals surface area contributed by atoms with E-state index in [0.717, 1.165) is 21.1 Å². The van der Waals surface area contributed by atoms with Crippen LogP contribution < -0.4 is 0 Å². The number of aryl methyl sites for hydroxylation is 1. The average molecular weight is 268 g/mol. The van der Waals surface area contributed by atoms with Crippen molar-refractivity contribution in [2.45, 2.75) is 13.3 Å². The molecule has 1 aromatic heterocycles. The molecule has 0 aliphatic rings. The quantitative estimate of drug-likeness (QED) is 0.927. The first-order chi connectivity index (χ1) is 8.06. The molecule has 0 saturated carbocycles. The Labute approximate surface area is 108 Å². The molecule has 0 atom stereocenters. The van der Waals surface area contributed by atoms with Crippen LogP contribution in [-0.4, -0.2) is 16.1 Å². The average Bonchev–Trinajstić information content (AvgIpc) is 2.60. The molecule has 1 aromatic carbocycles. The minimum atomic E-state index is -0.834. The molecule has 0 unspecified atom stereocenters. The van der Waals surface area contributed by atoms with Crippen LogP contribution >= 0.6 is 22.9 Å². The molecular weight excluding hydrogens is 258 g/mol. The maximum Gasteiger partial charge on any atom is 0.308 e. The van der Waals surface area contributed by atoms with Crippen molar-refractivity contribution in [1.82, 2.24) is 4.98 Å². The molecule has 0 spiro atoms. The van der Waals surface area contributed by atoms with E-state index in [0.29, 0.717) is 5.02 Å². The van der Waals surface area contributed by atoms with Crippen LogP contribution in [0.1, 0.15) is 10.6 Å². The van der Waals surface area contributed by atoms with Crippen LogP contribution in [0.15, 0.2) is 24.3 Å². The number of hydrogen-bond donors (Lipinski definition) is 1. The van der Waals surface area contributed by atoms with Crippen LogP contribution in [0.2, 0.25) is 5.02 Å². The highest BCUT2D eigenvalue weighted by atomic mass is 35.5. The van der Waals surface area contributed by atoms with E-state index in [9.17, 15) is 4.79 Å². The third kappa shape index (κ3) is 2.84. The van der Waals surface area contributed by atoms with E-state index in [4.69, 9.17) is 16.7 Å². The summed E-state index contributed by atoms with van der Waals surface area (Å²) in [6.45, 7) is 1.83. The van der Waals surface area contributed by atoms with Crippen LogP contribution in [0.5, 0.6) is 0 Å². The molecule has 88 valence electrons. The largest absolute Gasteiger partial charge is 0.481 e. The lowest BCUT2D eigenvalue weighted by Crippen LogP contribution is -1.99. The van der Waals surface area contributed by atoms with Gasteiger partial charge in [-0.15, -0.1) is 11.3 Å². The van der Waals surface area contributed by atoms with E-state index >= 15 is 0 Å². The Kier molecular flexibility index (Phi) is 3.45. The molecule has 1 N–H and O–H groups in total. The van der Waals surface area contributed by atoms with Crippen LogP contribution in [-0.2, 0) is 11.2 Å². The summed E-state index contributed by atoms with van der Waals surface area (Å²) in [7, 11) is 0. The zero-order valence-electron chi connectivity index (χ0n) is 9.11. The lowest BCUT2D eigenvalue weighted by Gasteiger charge is -1.95. The van der Waals surface area contributed by atoms with Gasteiger partial charge in [-0.25, -0.2) is 4.98 Å². The van der Waals surface area contributed by atoms with Gasteiger partial charge < -0.3 is 5.11 Å². The van der Waals surface area contributed by atoms with E-state index < -0.39 is 5.97 Å². The summed E-state index contributed by atoms with van der Waals surface area (Å²) in [6.07, 6.45) is 0.0249. The van der Waals surface area contributed by atoms with Crippen molar-refractivity contribution < 1.29 is 9.90 Å². The maximum atomic E-state index is 10.7. The maximum absolute atomic E-state index is 10.7. The number of hydrogen-bond acceptors (Lipinski definition) is 3. The number of aliphatic carboxylic acids is 1. The van der Waals surface area contributed by atoms with Crippen molar-refractivity contribution in [1.29, 1.82) is 0 Å². The third-order valence-electron chi connectivity index (χ3n) is 2.30. The third-order valence-corrected chi connectivity index (χ3v) is 3.75. The predicted molar refractivity (Wildman–Crippen MR) is 68.6 cm³/mol. The van der Waals surface area contributed by atoms with Gasteiger partial charge in [-0.1, -0.05) is 23.7 Å². The van der Waals surface area contributed by atoms with Gasteiger partial charge in [0.15, 0.2) is 0 Å². The van der Waals surface area contributed by atoms with Gasteiger partial charge in [0.2, 0.25) is 0 Å². The van der Waals surface area contributed by atoms with Crippen molar-refractivity contribution >= 4 is 28.9 Å². The van der Waals surface area contributed by atoms with E-state index in [1.165, 1.54) is 11.3 Å². The minimum absolute atomic E-state index is 0.0249. The lowest BCUT2D eigenvalue weighted by atomic mass is 10.2. The van der Waals surface area contributed by atoms with Gasteiger partial charge in [0, 0.05) is 15.5 Å². The molecule has 2 aromatic rings. The molecule has 0 fully saturated rings. The second kappa shape index (κ2) is 4.85. The number of carboxylic acids is 1. The standard InChI is InChI=1S/C12H10ClNO2S/c1-7-10(6-11(15)16)17-12(14-7)8-2-4-9(13)5-3-8/h2-5H,6H2,1H3,(H,15,16). The van der Waals surface area contributed by atoms with Crippen LogP contribution in [0, 0.1) is 6.92 Å². The highest BCUT2D eigenvalue weighted by Gasteiger charge is 2.11. The van der Waals surface area contributed by atoms with Crippen molar-refractivity contribution in [2.75, 3.05) is 0 Å². The number of aromatic nitrogens is 1. The van der Waals surface area contributed by atoms with Gasteiger partial charge in [0.25, 0.3) is 0 Å². The number of rotatable bonds is 3. The van der Waals surface area contributed by atoms with Crippen LogP contribution in [0.25, 0.3) is 10.6 Å². The van der Waals surface area contributed by atoms with Crippen LogP contribution in [0.3, 0.4) is 0 Å². The Bertz CT molecular complexity index is 548. The molecule has 0 bridgehead atoms. The topological polar surface area (TPSA) is 50.2 Å². The fourth-order valence-electron chi connectivity index (χ4n) is 1.45. The predicted octanol–water partition coefficient (Wildman–Crippen LogP) is 3.40. The van der Waals surface area contributed by atoms with Gasteiger partial charge in [-0.2, -0.15) is 0 Å². The van der Waals surface area contributed by atoms with Crippen LogP contribution in [0.4, 0.5) is 0 Å². The van der Waals surface area contributed by atoms with Gasteiger partial charge in [0.1, 0.15) is 5.01 Å². The first-order valence-corrected chi connectivity index (χ1v) is 6.20. The molecule has 0 saturated heterocycles. The Morgan fingerprint density at radius 1 is 1.41 bits per heavy atom. The Morgan fingerprint density at radius 2 is 2.06 bits per heavy atom. The fraction of sp³-hybridized carbons (Fsp3) is 0.167. The summed E-state index contributed by atoms with van der Waals surface area (Å²) < 4.78 is 0. The first-order valence-electron chi connectivity index (χ1n) is 5.00. The smallest absolute Gasteiger partial charge is 0.308 e. The number of carbonyl (C=O) groups is 1. The zero-order chi connectivity index (χ0) is 12.4. The van der Waals surface area contributed by atoms with Crippen molar-refractivity contribution in [2.24, 2.45) is 0 Å². The number of thiazole rings is 1. The summed E-state index contributed by atoms with van der Waals surface area (Å²) in [5.41, 5.74) is 1.74. The summed E-state index contributed by atoms with van der Waals surface area (Å²) in [4.78, 5) is 15.8. The summed E-state index contributed by atoms with van der Waals surface area (Å²) in [5, 5.41) is 10.3. The van der Waals surface area contributed by atoms with E-state index in [1.807, 2.05) is 19.1 Å². The summed E-state index contributed by atoms with van der Waals surface area (Å²) in [5.74, 6) is -0.834. The fourth-order valence-corrected chi connectivity index (χ4v) is 2.63. The van der Waals surface area contributed by atoms with Gasteiger partial charge in [0.05, 0.1) is 12.1 Å². The van der Waals surface area contributed by atoms with Crippen molar-refractivity contribution in [3.05, 3.63) is 39.9 Å². The highest BCUT2D eigenvalue weighted by molar-refractivity contribution is 7.15. The first kappa shape index (κ1) is 12.1. The Balaban J connectivity index is 2.34. The highest BCUT2D eigenvalue weighted by Crippen LogP contribution is 2.28. The molecule has 0 aliphatic heterocycles. The summed E-state index contributed by atoms with van der Waals surface area (Å²) in [6, 6.07) is 7.35. The normalized spacial score (nSPS) is 10.5. The second-order valence-electron chi connectivity index (χ2n) is 3.61. The van der Waals surface area contributed by atoms with E-state index in [2.05, 4.69) is 4.98 Å². The summed E-state index contributed by atoms with van der Waals surface area (Å²) >= 11 is 7.22. The molecule has 0 radical (unpaired) electrons. The molecule has 17 heavy (non-hydrogen) atoms. The Hall–Kier alpha value is -1.39. The minimum Gasteiger partial charge on any atom is -0.481 e. The second-order valence-corrected chi connectivity index (χ2v) is 5.13. The molecule has 2 rings (SSSR count). The number of benzene rings is 1. The zero-order valence-corrected chi connectivity index (χ0v) is 10.7. The van der Waals surface area contributed by atoms with E-state index in [-0.39, 0.29) is 6.42 Å². The SMILES string of the molecule is Cc1nc(-c2ccc(Cl)cc2)sc1CC(=O)O. The number of halogens is 1. The molecule has 5 heteroatoms. The Morgan fingerprint density at radius 3 is 2.65 bits per heavy atom.